The first-order chi connectivity index (χ1) is 8.81. The van der Waals surface area contributed by atoms with E-state index in [4.69, 9.17) is 9.47 Å². The number of benzene rings is 1. The van der Waals surface area contributed by atoms with Gasteiger partial charge in [-0.05, 0) is 52.3 Å². The lowest BCUT2D eigenvalue weighted by atomic mass is 10.1. The average molecular weight is 265 g/mol. The lowest BCUT2D eigenvalue weighted by molar-refractivity contribution is 0.0508. The van der Waals surface area contributed by atoms with Gasteiger partial charge in [0.05, 0.1) is 12.6 Å². The molecule has 4 heteroatoms. The lowest BCUT2D eigenvalue weighted by Gasteiger charge is -2.22. The Balaban J connectivity index is 2.64. The van der Waals surface area contributed by atoms with Gasteiger partial charge in [-0.2, -0.15) is 0 Å². The third kappa shape index (κ3) is 5.64. The van der Waals surface area contributed by atoms with Crippen molar-refractivity contribution in [3.8, 4) is 5.75 Å². The standard InChI is InChI=1S/C15H23NO3/c1-6-18-13-9-7-8-12(10-13)11(2)16-14(17)19-15(3,4)5/h7-11H,6H2,1-5H3,(H,16,17). The molecule has 1 aromatic carbocycles. The molecule has 0 bridgehead atoms. The number of carbonyl (C=O) groups is 1. The normalized spacial score (nSPS) is 12.7. The second kappa shape index (κ2) is 6.45. The van der Waals surface area contributed by atoms with Crippen molar-refractivity contribution < 1.29 is 14.3 Å². The molecule has 0 saturated carbocycles. The summed E-state index contributed by atoms with van der Waals surface area (Å²) in [5.41, 5.74) is 0.494. The Morgan fingerprint density at radius 2 is 2.05 bits per heavy atom. The fourth-order valence-electron chi connectivity index (χ4n) is 1.61. The zero-order chi connectivity index (χ0) is 14.5. The average Bonchev–Trinajstić information content (AvgIpc) is 2.27. The number of amides is 1. The molecule has 106 valence electrons. The van der Waals surface area contributed by atoms with Crippen LogP contribution in [0.25, 0.3) is 0 Å². The van der Waals surface area contributed by atoms with Crippen LogP contribution >= 0.6 is 0 Å². The van der Waals surface area contributed by atoms with Crippen LogP contribution in [0, 0.1) is 0 Å². The second-order valence-corrected chi connectivity index (χ2v) is 5.37. The Morgan fingerprint density at radius 1 is 1.37 bits per heavy atom. The third-order valence-electron chi connectivity index (χ3n) is 2.40. The van der Waals surface area contributed by atoms with Crippen molar-refractivity contribution in [1.82, 2.24) is 5.32 Å². The predicted octanol–water partition coefficient (Wildman–Crippen LogP) is 3.67. The number of rotatable bonds is 4. The Morgan fingerprint density at radius 3 is 2.63 bits per heavy atom. The lowest BCUT2D eigenvalue weighted by Crippen LogP contribution is -2.34. The third-order valence-corrected chi connectivity index (χ3v) is 2.40. The molecule has 1 atom stereocenters. The smallest absolute Gasteiger partial charge is 0.408 e. The summed E-state index contributed by atoms with van der Waals surface area (Å²) in [6.07, 6.45) is -0.415. The highest BCUT2D eigenvalue weighted by Gasteiger charge is 2.18. The van der Waals surface area contributed by atoms with Crippen molar-refractivity contribution >= 4 is 6.09 Å². The Hall–Kier alpha value is -1.71. The molecular formula is C15H23NO3. The number of nitrogens with one attached hydrogen (secondary N) is 1. The minimum Gasteiger partial charge on any atom is -0.494 e. The largest absolute Gasteiger partial charge is 0.494 e. The van der Waals surface area contributed by atoms with Gasteiger partial charge in [0.15, 0.2) is 0 Å². The molecule has 1 N–H and O–H groups in total. The summed E-state index contributed by atoms with van der Waals surface area (Å²) < 4.78 is 10.7. The van der Waals surface area contributed by atoms with Crippen LogP contribution in [0.4, 0.5) is 4.79 Å². The summed E-state index contributed by atoms with van der Waals surface area (Å²) >= 11 is 0. The summed E-state index contributed by atoms with van der Waals surface area (Å²) in [7, 11) is 0. The molecule has 0 radical (unpaired) electrons. The molecule has 1 amide bonds. The Bertz CT molecular complexity index is 424. The number of ether oxygens (including phenoxy) is 2. The summed E-state index contributed by atoms with van der Waals surface area (Å²) in [4.78, 5) is 11.7. The summed E-state index contributed by atoms with van der Waals surface area (Å²) in [5, 5.41) is 2.81. The van der Waals surface area contributed by atoms with Gasteiger partial charge in [0.2, 0.25) is 0 Å². The Labute approximate surface area is 115 Å². The Kier molecular flexibility index (Phi) is 5.21. The number of alkyl carbamates (subject to hydrolysis) is 1. The van der Waals surface area contributed by atoms with Gasteiger partial charge >= 0.3 is 6.09 Å². The van der Waals surface area contributed by atoms with Crippen molar-refractivity contribution in [3.63, 3.8) is 0 Å². The highest BCUT2D eigenvalue weighted by Crippen LogP contribution is 2.19. The van der Waals surface area contributed by atoms with Crippen LogP contribution in [0.5, 0.6) is 5.75 Å². The van der Waals surface area contributed by atoms with E-state index in [1.165, 1.54) is 0 Å². The minimum atomic E-state index is -0.489. The molecule has 4 nitrogen and oxygen atoms in total. The fraction of sp³-hybridized carbons (Fsp3) is 0.533. The highest BCUT2D eigenvalue weighted by atomic mass is 16.6. The van der Waals surface area contributed by atoms with Crippen molar-refractivity contribution in [3.05, 3.63) is 29.8 Å². The molecule has 0 aromatic heterocycles. The van der Waals surface area contributed by atoms with E-state index < -0.39 is 11.7 Å². The SMILES string of the molecule is CCOc1cccc(C(C)NC(=O)OC(C)(C)C)c1. The first kappa shape index (κ1) is 15.3. The van der Waals surface area contributed by atoms with Crippen LogP contribution in [0.3, 0.4) is 0 Å². The fourth-order valence-corrected chi connectivity index (χ4v) is 1.61. The van der Waals surface area contributed by atoms with Crippen molar-refractivity contribution in [2.75, 3.05) is 6.61 Å². The predicted molar refractivity (Wildman–Crippen MR) is 75.4 cm³/mol. The number of hydrogen-bond donors (Lipinski definition) is 1. The molecule has 1 rings (SSSR count). The monoisotopic (exact) mass is 265 g/mol. The first-order valence-electron chi connectivity index (χ1n) is 6.54. The second-order valence-electron chi connectivity index (χ2n) is 5.37. The molecule has 1 unspecified atom stereocenters. The van der Waals surface area contributed by atoms with E-state index in [1.807, 2.05) is 58.9 Å². The molecule has 0 spiro atoms. The van der Waals surface area contributed by atoms with E-state index in [0.29, 0.717) is 6.61 Å². The van der Waals surface area contributed by atoms with E-state index in [9.17, 15) is 4.79 Å². The maximum absolute atomic E-state index is 11.7. The molecule has 0 aliphatic rings. The van der Waals surface area contributed by atoms with Gasteiger partial charge in [-0.1, -0.05) is 12.1 Å². The summed E-state index contributed by atoms with van der Waals surface area (Å²) in [5.74, 6) is 0.804. The van der Waals surface area contributed by atoms with Crippen LogP contribution in [-0.2, 0) is 4.74 Å². The van der Waals surface area contributed by atoms with E-state index in [1.54, 1.807) is 0 Å². The minimum absolute atomic E-state index is 0.129. The molecular weight excluding hydrogens is 242 g/mol. The summed E-state index contributed by atoms with van der Waals surface area (Å²) in [6.45, 7) is 9.99. The molecule has 0 saturated heterocycles. The van der Waals surface area contributed by atoms with Crippen LogP contribution in [0.1, 0.15) is 46.2 Å². The van der Waals surface area contributed by atoms with Crippen LogP contribution in [0.2, 0.25) is 0 Å². The first-order valence-corrected chi connectivity index (χ1v) is 6.54. The van der Waals surface area contributed by atoms with Gasteiger partial charge in [-0.25, -0.2) is 4.79 Å². The van der Waals surface area contributed by atoms with E-state index in [0.717, 1.165) is 11.3 Å². The van der Waals surface area contributed by atoms with Crippen molar-refractivity contribution in [2.45, 2.75) is 46.3 Å². The van der Waals surface area contributed by atoms with Gasteiger partial charge < -0.3 is 14.8 Å². The van der Waals surface area contributed by atoms with Crippen LogP contribution in [-0.4, -0.2) is 18.3 Å². The van der Waals surface area contributed by atoms with Crippen molar-refractivity contribution in [1.29, 1.82) is 0 Å². The number of hydrogen-bond acceptors (Lipinski definition) is 3. The zero-order valence-corrected chi connectivity index (χ0v) is 12.3. The van der Waals surface area contributed by atoms with E-state index in [2.05, 4.69) is 5.32 Å². The number of carbonyl (C=O) groups excluding carboxylic acids is 1. The molecule has 0 fully saturated rings. The summed E-state index contributed by atoms with van der Waals surface area (Å²) in [6, 6.07) is 7.55. The molecule has 19 heavy (non-hydrogen) atoms. The maximum atomic E-state index is 11.7. The molecule has 0 aliphatic heterocycles. The zero-order valence-electron chi connectivity index (χ0n) is 12.3. The topological polar surface area (TPSA) is 47.6 Å². The van der Waals surface area contributed by atoms with Gasteiger partial charge in [0.1, 0.15) is 11.4 Å². The molecule has 0 aliphatic carbocycles. The molecule has 0 heterocycles. The highest BCUT2D eigenvalue weighted by molar-refractivity contribution is 5.68. The van der Waals surface area contributed by atoms with Crippen LogP contribution in [0.15, 0.2) is 24.3 Å². The molecule has 1 aromatic rings. The van der Waals surface area contributed by atoms with E-state index >= 15 is 0 Å². The van der Waals surface area contributed by atoms with Crippen LogP contribution < -0.4 is 10.1 Å². The van der Waals surface area contributed by atoms with Gasteiger partial charge in [-0.15, -0.1) is 0 Å². The van der Waals surface area contributed by atoms with Gasteiger partial charge in [0.25, 0.3) is 0 Å². The van der Waals surface area contributed by atoms with Gasteiger partial charge in [-0.3, -0.25) is 0 Å². The van der Waals surface area contributed by atoms with Crippen molar-refractivity contribution in [2.24, 2.45) is 0 Å². The quantitative estimate of drug-likeness (QED) is 0.903. The maximum Gasteiger partial charge on any atom is 0.408 e. The van der Waals surface area contributed by atoms with E-state index in [-0.39, 0.29) is 6.04 Å². The van der Waals surface area contributed by atoms with Gasteiger partial charge in [0, 0.05) is 0 Å².